The Morgan fingerprint density at radius 1 is 1.19 bits per heavy atom. The highest BCUT2D eigenvalue weighted by atomic mass is 35.5. The SMILES string of the molecule is CN(C/C(=N\O)C(CCN)c1ccccc1)C(=O)c1cc(Cl)cc(Cl)c1. The summed E-state index contributed by atoms with van der Waals surface area (Å²) in [4.78, 5) is 14.1. The van der Waals surface area contributed by atoms with E-state index in [9.17, 15) is 10.0 Å². The van der Waals surface area contributed by atoms with E-state index in [1.807, 2.05) is 30.3 Å². The Bertz CT molecular complexity index is 761. The number of nitrogens with zero attached hydrogens (tertiary/aromatic N) is 2. The molecule has 0 saturated carbocycles. The minimum Gasteiger partial charge on any atom is -0.411 e. The standard InChI is InChI=1S/C19H21Cl2N3O2/c1-24(19(25)14-9-15(20)11-16(21)10-14)12-18(23-26)17(7-8-22)13-5-3-2-4-6-13/h2-6,9-11,17,26H,7-8,12,22H2,1H3/b23-18+. The molecule has 0 saturated heterocycles. The lowest BCUT2D eigenvalue weighted by Gasteiger charge is -2.23. The number of oxime groups is 1. The van der Waals surface area contributed by atoms with Gasteiger partial charge in [-0.15, -0.1) is 0 Å². The van der Waals surface area contributed by atoms with Crippen molar-refractivity contribution in [3.63, 3.8) is 0 Å². The molecule has 5 nitrogen and oxygen atoms in total. The molecule has 2 aromatic rings. The predicted octanol–water partition coefficient (Wildman–Crippen LogP) is 4.03. The number of carbonyl (C=O) groups is 1. The van der Waals surface area contributed by atoms with Crippen LogP contribution < -0.4 is 5.73 Å². The number of hydrogen-bond donors (Lipinski definition) is 2. The zero-order valence-corrected chi connectivity index (χ0v) is 15.9. The number of benzene rings is 2. The first-order valence-corrected chi connectivity index (χ1v) is 8.89. The lowest BCUT2D eigenvalue weighted by Crippen LogP contribution is -2.35. The second-order valence-corrected chi connectivity index (χ2v) is 6.82. The Labute approximate surface area is 163 Å². The second kappa shape index (κ2) is 9.57. The summed E-state index contributed by atoms with van der Waals surface area (Å²) < 4.78 is 0. The van der Waals surface area contributed by atoms with Crippen LogP contribution >= 0.6 is 23.2 Å². The molecule has 0 radical (unpaired) electrons. The number of halogens is 2. The van der Waals surface area contributed by atoms with E-state index in [0.717, 1.165) is 5.56 Å². The van der Waals surface area contributed by atoms with Crippen molar-refractivity contribution in [1.29, 1.82) is 0 Å². The van der Waals surface area contributed by atoms with Crippen molar-refractivity contribution in [1.82, 2.24) is 4.90 Å². The van der Waals surface area contributed by atoms with Gasteiger partial charge in [0, 0.05) is 28.6 Å². The van der Waals surface area contributed by atoms with E-state index < -0.39 is 0 Å². The fraction of sp³-hybridized carbons (Fsp3) is 0.263. The summed E-state index contributed by atoms with van der Waals surface area (Å²) in [6.45, 7) is 0.583. The molecule has 1 unspecified atom stereocenters. The van der Waals surface area contributed by atoms with Gasteiger partial charge in [-0.3, -0.25) is 4.79 Å². The van der Waals surface area contributed by atoms with Gasteiger partial charge in [-0.1, -0.05) is 58.7 Å². The second-order valence-electron chi connectivity index (χ2n) is 5.95. The molecule has 3 N–H and O–H groups in total. The molecule has 138 valence electrons. The largest absolute Gasteiger partial charge is 0.411 e. The molecule has 2 aromatic carbocycles. The first-order chi connectivity index (χ1) is 12.5. The molecule has 0 aliphatic rings. The average Bonchev–Trinajstić information content (AvgIpc) is 2.63. The van der Waals surface area contributed by atoms with Crippen LogP contribution in [0.2, 0.25) is 10.0 Å². The first kappa shape index (κ1) is 20.2. The highest BCUT2D eigenvalue weighted by Gasteiger charge is 2.22. The van der Waals surface area contributed by atoms with Gasteiger partial charge in [0.25, 0.3) is 5.91 Å². The number of hydrogen-bond acceptors (Lipinski definition) is 4. The van der Waals surface area contributed by atoms with E-state index in [2.05, 4.69) is 5.16 Å². The van der Waals surface area contributed by atoms with E-state index in [4.69, 9.17) is 28.9 Å². The minimum absolute atomic E-state index is 0.152. The van der Waals surface area contributed by atoms with Crippen molar-refractivity contribution in [2.75, 3.05) is 20.1 Å². The van der Waals surface area contributed by atoms with Gasteiger partial charge in [-0.05, 0) is 36.7 Å². The summed E-state index contributed by atoms with van der Waals surface area (Å²) in [6.07, 6.45) is 0.606. The van der Waals surface area contributed by atoms with E-state index in [1.54, 1.807) is 25.2 Å². The molecule has 1 atom stereocenters. The monoisotopic (exact) mass is 393 g/mol. The van der Waals surface area contributed by atoms with Crippen LogP contribution in [0.5, 0.6) is 0 Å². The van der Waals surface area contributed by atoms with Gasteiger partial charge in [0.05, 0.1) is 12.3 Å². The van der Waals surface area contributed by atoms with E-state index in [1.165, 1.54) is 4.90 Å². The van der Waals surface area contributed by atoms with Gasteiger partial charge in [0.1, 0.15) is 0 Å². The third-order valence-corrected chi connectivity index (χ3v) is 4.48. The van der Waals surface area contributed by atoms with Gasteiger partial charge >= 0.3 is 0 Å². The summed E-state index contributed by atoms with van der Waals surface area (Å²) in [5, 5.41) is 13.8. The molecule has 7 heteroatoms. The maximum absolute atomic E-state index is 12.7. The van der Waals surface area contributed by atoms with Crippen LogP contribution in [-0.2, 0) is 0 Å². The number of amides is 1. The van der Waals surface area contributed by atoms with Crippen molar-refractivity contribution in [2.45, 2.75) is 12.3 Å². The number of carbonyl (C=O) groups excluding carboxylic acids is 1. The molecule has 0 fully saturated rings. The maximum atomic E-state index is 12.7. The molecular formula is C19H21Cl2N3O2. The van der Waals surface area contributed by atoms with Crippen molar-refractivity contribution < 1.29 is 10.0 Å². The fourth-order valence-corrected chi connectivity index (χ4v) is 3.33. The molecule has 0 aliphatic heterocycles. The van der Waals surface area contributed by atoms with Gasteiger partial charge in [0.2, 0.25) is 0 Å². The zero-order chi connectivity index (χ0) is 19.1. The van der Waals surface area contributed by atoms with Gasteiger partial charge in [0.15, 0.2) is 0 Å². The molecule has 1 amide bonds. The molecule has 2 rings (SSSR count). The van der Waals surface area contributed by atoms with Crippen LogP contribution in [0.25, 0.3) is 0 Å². The van der Waals surface area contributed by atoms with Crippen molar-refractivity contribution in [2.24, 2.45) is 10.9 Å². The quantitative estimate of drug-likeness (QED) is 0.423. The summed E-state index contributed by atoms with van der Waals surface area (Å²) in [5.41, 5.74) is 7.55. The Kier molecular flexibility index (Phi) is 7.45. The number of nitrogens with two attached hydrogens (primary N) is 1. The predicted molar refractivity (Wildman–Crippen MR) is 105 cm³/mol. The Morgan fingerprint density at radius 3 is 2.35 bits per heavy atom. The molecule has 0 spiro atoms. The third-order valence-electron chi connectivity index (χ3n) is 4.04. The van der Waals surface area contributed by atoms with Crippen molar-refractivity contribution in [3.05, 3.63) is 69.7 Å². The Balaban J connectivity index is 2.20. The summed E-state index contributed by atoms with van der Waals surface area (Å²) in [5.74, 6) is -0.445. The topological polar surface area (TPSA) is 78.9 Å². The van der Waals surface area contributed by atoms with Gasteiger partial charge < -0.3 is 15.8 Å². The minimum atomic E-state index is -0.268. The van der Waals surface area contributed by atoms with Crippen molar-refractivity contribution in [3.8, 4) is 0 Å². The lowest BCUT2D eigenvalue weighted by atomic mass is 9.90. The fourth-order valence-electron chi connectivity index (χ4n) is 2.80. The summed E-state index contributed by atoms with van der Waals surface area (Å²) >= 11 is 11.9. The summed E-state index contributed by atoms with van der Waals surface area (Å²) in [6, 6.07) is 14.3. The highest BCUT2D eigenvalue weighted by Crippen LogP contribution is 2.23. The van der Waals surface area contributed by atoms with Crippen LogP contribution in [0.15, 0.2) is 53.7 Å². The molecular weight excluding hydrogens is 373 g/mol. The zero-order valence-electron chi connectivity index (χ0n) is 14.4. The number of rotatable bonds is 7. The van der Waals surface area contributed by atoms with Gasteiger partial charge in [-0.25, -0.2) is 0 Å². The van der Waals surface area contributed by atoms with Crippen LogP contribution in [0.1, 0.15) is 28.3 Å². The molecule has 0 bridgehead atoms. The maximum Gasteiger partial charge on any atom is 0.254 e. The van der Waals surface area contributed by atoms with Crippen LogP contribution in [0.4, 0.5) is 0 Å². The first-order valence-electron chi connectivity index (χ1n) is 8.13. The molecule has 0 aromatic heterocycles. The average molecular weight is 394 g/mol. The lowest BCUT2D eigenvalue weighted by molar-refractivity contribution is 0.0813. The van der Waals surface area contributed by atoms with Gasteiger partial charge in [-0.2, -0.15) is 0 Å². The van der Waals surface area contributed by atoms with E-state index >= 15 is 0 Å². The smallest absolute Gasteiger partial charge is 0.254 e. The Hall–Kier alpha value is -2.08. The molecule has 0 heterocycles. The molecule has 0 aliphatic carbocycles. The molecule has 26 heavy (non-hydrogen) atoms. The van der Waals surface area contributed by atoms with E-state index in [0.29, 0.717) is 34.3 Å². The van der Waals surface area contributed by atoms with Crippen LogP contribution in [0.3, 0.4) is 0 Å². The van der Waals surface area contributed by atoms with Crippen LogP contribution in [-0.4, -0.2) is 41.9 Å². The van der Waals surface area contributed by atoms with E-state index in [-0.39, 0.29) is 18.4 Å². The highest BCUT2D eigenvalue weighted by molar-refractivity contribution is 6.35. The van der Waals surface area contributed by atoms with Crippen LogP contribution in [0, 0.1) is 0 Å². The summed E-state index contributed by atoms with van der Waals surface area (Å²) in [7, 11) is 1.63. The van der Waals surface area contributed by atoms with Crippen molar-refractivity contribution >= 4 is 34.8 Å². The third kappa shape index (κ3) is 5.21. The Morgan fingerprint density at radius 2 is 1.81 bits per heavy atom. The normalized spacial score (nSPS) is 12.7.